The highest BCUT2D eigenvalue weighted by molar-refractivity contribution is 7.13. The molecule has 0 aliphatic carbocycles. The molecule has 128 heavy (non-hydrogen) atoms. The lowest BCUT2D eigenvalue weighted by Gasteiger charge is -2.44. The standard InChI is InChI=1S/C23H24.C22H24Si.C22H22.C16H18.C14H22.2C12H18.C5H9N/c1-17-10-8-13-19(16-17)21-15-9-14-20(22(21)23(2,3)4)18-11-6-5-7-12-18;1-22(2,3)23(19-13-7-4-8-14-19,20-15-9-5-10-16-20)21-17-11-6-12-18-21;1-22(2,3)21-19(17-11-6-4-7-12-17)15-10-16-20(21)18-13-8-5-9-14-18;1-16(2,3)15-12-8-7-11-14(15)13-9-5-4-6-10-13;1-13(2,3)11-9-7-8-10-12(11)14(4,5)6;2*1-9-7-6-8-10(2)11(9)12(3,4)5;1-5(2,3)4-6/h5-16H,1-4H3;4-18H,1-3H3;4-16H,1-3H3;4-12H,1-3H3;7-10H,1-6H3;2*6-8H,1-5H3;1-3H3/i5D,6D,7D,8D,10D,11D,12D,13D,16D;;;;;;;. The monoisotopic (exact) mass is 1720 g/mol. The fraction of sp³-hybridized carbons (Fsp3) is 0.325. The van der Waals surface area contributed by atoms with Crippen LogP contribution in [0.3, 0.4) is 0 Å². The highest BCUT2D eigenvalue weighted by Crippen LogP contribution is 2.44. The number of hydrogen-bond acceptors (Lipinski definition) is 1. The van der Waals surface area contributed by atoms with E-state index in [1.54, 1.807) is 25.1 Å². The Kier molecular flexibility index (Phi) is 31.8. The average molecular weight is 1720 g/mol. The molecule has 0 aromatic heterocycles. The Balaban J connectivity index is 0.000000221. The van der Waals surface area contributed by atoms with E-state index in [1.807, 2.05) is 41.5 Å². The Morgan fingerprint density at radius 1 is 0.227 bits per heavy atom. The topological polar surface area (TPSA) is 23.8 Å². The third-order valence-electron chi connectivity index (χ3n) is 22.5. The second-order valence-electron chi connectivity index (χ2n) is 42.9. The van der Waals surface area contributed by atoms with E-state index in [9.17, 15) is 0 Å². The van der Waals surface area contributed by atoms with Crippen molar-refractivity contribution >= 4 is 23.6 Å². The van der Waals surface area contributed by atoms with Crippen molar-refractivity contribution in [2.24, 2.45) is 5.41 Å². The van der Waals surface area contributed by atoms with Crippen molar-refractivity contribution < 1.29 is 12.3 Å². The van der Waals surface area contributed by atoms with Crippen molar-refractivity contribution in [1.29, 1.82) is 5.26 Å². The normalized spacial score (nSPS) is 12.7. The molecule has 0 radical (unpaired) electrons. The van der Waals surface area contributed by atoms with Crippen LogP contribution in [0.5, 0.6) is 0 Å². The maximum atomic E-state index is 8.59. The molecule has 0 aliphatic heterocycles. The molecular formula is C126H155NSi. The highest BCUT2D eigenvalue weighted by Gasteiger charge is 2.49. The van der Waals surface area contributed by atoms with Crippen molar-refractivity contribution in [2.75, 3.05) is 0 Å². The van der Waals surface area contributed by atoms with Crippen molar-refractivity contribution in [3.05, 3.63) is 424 Å². The van der Waals surface area contributed by atoms with Crippen molar-refractivity contribution in [2.45, 2.75) is 265 Å². The van der Waals surface area contributed by atoms with E-state index in [-0.39, 0.29) is 95.9 Å². The molecule has 0 saturated heterocycles. The van der Waals surface area contributed by atoms with Crippen molar-refractivity contribution in [3.63, 3.8) is 0 Å². The summed E-state index contributed by atoms with van der Waals surface area (Å²) in [5.74, 6) is 0. The quantitative estimate of drug-likeness (QED) is 0.110. The van der Waals surface area contributed by atoms with E-state index in [2.05, 4.69) is 464 Å². The first-order chi connectivity index (χ1) is 63.6. The lowest BCUT2D eigenvalue weighted by Crippen LogP contribution is -2.72. The van der Waals surface area contributed by atoms with E-state index >= 15 is 0 Å². The molecule has 0 amide bonds. The molecule has 0 heterocycles. The number of nitriles is 1. The van der Waals surface area contributed by atoms with Crippen LogP contribution < -0.4 is 15.6 Å². The van der Waals surface area contributed by atoms with Gasteiger partial charge >= 0.3 is 0 Å². The second-order valence-corrected chi connectivity index (χ2v) is 47.6. The number of hydrogen-bond donors (Lipinski definition) is 0. The van der Waals surface area contributed by atoms with Gasteiger partial charge in [-0.2, -0.15) is 5.26 Å². The molecule has 668 valence electrons. The molecule has 14 rings (SSSR count). The highest BCUT2D eigenvalue weighted by atomic mass is 28.3. The number of rotatable bonds is 8. The summed E-state index contributed by atoms with van der Waals surface area (Å²) in [4.78, 5) is 0. The molecule has 0 unspecified atom stereocenters. The van der Waals surface area contributed by atoms with Crippen LogP contribution in [-0.4, -0.2) is 8.07 Å². The minimum absolute atomic E-state index is 0.0280. The Labute approximate surface area is 792 Å². The smallest absolute Gasteiger partial charge is 0.153 e. The number of nitrogens with zero attached hydrogens (tertiary/aromatic N) is 1. The molecule has 14 aromatic rings. The molecule has 0 fully saturated rings. The summed E-state index contributed by atoms with van der Waals surface area (Å²) in [6.07, 6.45) is 0. The zero-order valence-electron chi connectivity index (χ0n) is 92.8. The van der Waals surface area contributed by atoms with Crippen molar-refractivity contribution in [1.82, 2.24) is 0 Å². The van der Waals surface area contributed by atoms with Gasteiger partial charge in [-0.3, -0.25) is 0 Å². The van der Waals surface area contributed by atoms with E-state index in [0.717, 1.165) is 0 Å². The average Bonchev–Trinajstić information content (AvgIpc) is 0.724. The van der Waals surface area contributed by atoms with Gasteiger partial charge in [0.05, 0.1) is 18.4 Å². The molecular weight excluding hydrogens is 1560 g/mol. The Hall–Kier alpha value is -11.2. The van der Waals surface area contributed by atoms with Crippen LogP contribution >= 0.6 is 0 Å². The summed E-state index contributed by atoms with van der Waals surface area (Å²) in [7, 11) is -2.13. The molecule has 0 bridgehead atoms. The maximum absolute atomic E-state index is 8.59. The molecule has 14 aromatic carbocycles. The van der Waals surface area contributed by atoms with Crippen LogP contribution in [-0.2, 0) is 37.9 Å². The Morgan fingerprint density at radius 2 is 0.469 bits per heavy atom. The molecule has 0 spiro atoms. The molecule has 0 aliphatic rings. The van der Waals surface area contributed by atoms with Gasteiger partial charge in [0.25, 0.3) is 0 Å². The largest absolute Gasteiger partial charge is 0.198 e. The molecule has 0 N–H and O–H groups in total. The summed E-state index contributed by atoms with van der Waals surface area (Å²) < 4.78 is 74.1. The van der Waals surface area contributed by atoms with Crippen molar-refractivity contribution in [3.8, 4) is 61.7 Å². The van der Waals surface area contributed by atoms with Crippen LogP contribution in [0, 0.1) is 51.4 Å². The third-order valence-corrected chi connectivity index (χ3v) is 28.3. The van der Waals surface area contributed by atoms with E-state index < -0.39 is 31.6 Å². The van der Waals surface area contributed by atoms with Gasteiger partial charge in [-0.15, -0.1) is 0 Å². The minimum Gasteiger partial charge on any atom is -0.198 e. The molecule has 0 saturated carbocycles. The van der Waals surface area contributed by atoms with Gasteiger partial charge in [-0.25, -0.2) is 0 Å². The predicted octanol–water partition coefficient (Wildman–Crippen LogP) is 34.6. The van der Waals surface area contributed by atoms with Crippen LogP contribution in [0.25, 0.3) is 55.6 Å². The molecule has 1 nitrogen and oxygen atoms in total. The van der Waals surface area contributed by atoms with E-state index in [4.69, 9.17) is 17.6 Å². The lowest BCUT2D eigenvalue weighted by atomic mass is 9.75. The predicted molar refractivity (Wildman–Crippen MR) is 569 cm³/mol. The summed E-state index contributed by atoms with van der Waals surface area (Å²) in [5, 5.41) is 12.7. The zero-order valence-corrected chi connectivity index (χ0v) is 84.8. The van der Waals surface area contributed by atoms with Gasteiger partial charge in [0.2, 0.25) is 0 Å². The van der Waals surface area contributed by atoms with Gasteiger partial charge in [0, 0.05) is 5.41 Å². The summed E-state index contributed by atoms with van der Waals surface area (Å²) in [6.45, 7) is 69.8. The Bertz CT molecular complexity index is 5890. The van der Waals surface area contributed by atoms with Gasteiger partial charge in [0.1, 0.15) is 0 Å². The molecule has 0 atom stereocenters. The second kappa shape index (κ2) is 45.2. The van der Waals surface area contributed by atoms with Gasteiger partial charge < -0.3 is 0 Å². The summed E-state index contributed by atoms with van der Waals surface area (Å²) >= 11 is 0. The van der Waals surface area contributed by atoms with Gasteiger partial charge in [-0.1, -0.05) is 529 Å². The van der Waals surface area contributed by atoms with Crippen LogP contribution in [0.15, 0.2) is 358 Å². The van der Waals surface area contributed by atoms with Crippen LogP contribution in [0.1, 0.15) is 266 Å². The maximum Gasteiger partial charge on any atom is 0.153 e. The SMILES string of the molecule is CC(C)(C)C#N.CC(C)(C)[Si](c1ccccc1)(c1ccccc1)c1ccccc1.CC(C)(C)c1c(-c2ccccc2)cccc1-c1ccccc1.CC(C)(C)c1ccccc1-c1ccccc1.CC(C)(C)c1ccccc1C(C)(C)C.Cc1cccc(C)c1C(C)(C)C.Cc1cccc(C)c1C(C)(C)C.[2H]c1c([2H])c([2H])c(-c2cccc(-c3c([2H])c([2H])c([2H])c(C)c3[2H])c2C(C)(C)C)c([2H])c1[2H]. The minimum atomic E-state index is -2.13. The first-order valence-electron chi connectivity index (χ1n) is 50.1. The summed E-state index contributed by atoms with van der Waals surface area (Å²) in [6, 6.07) is 107. The third kappa shape index (κ3) is 29.4. The van der Waals surface area contributed by atoms with Crippen LogP contribution in [0.2, 0.25) is 5.04 Å². The first kappa shape index (κ1) is 90.2. The summed E-state index contributed by atoms with van der Waals surface area (Å²) in [5.41, 5.74) is 24.8. The lowest BCUT2D eigenvalue weighted by molar-refractivity contribution is 0.530. The fourth-order valence-electron chi connectivity index (χ4n) is 17.5. The van der Waals surface area contributed by atoms with E-state index in [1.165, 1.54) is 105 Å². The van der Waals surface area contributed by atoms with E-state index in [0.29, 0.717) is 16.7 Å². The zero-order chi connectivity index (χ0) is 103. The Morgan fingerprint density at radius 3 is 0.750 bits per heavy atom. The number of aryl methyl sites for hydroxylation is 4. The molecule has 2 heteroatoms. The first-order valence-corrected chi connectivity index (χ1v) is 47.6. The fourth-order valence-corrected chi connectivity index (χ4v) is 23.1. The van der Waals surface area contributed by atoms with Gasteiger partial charge in [0.15, 0.2) is 8.07 Å². The number of benzene rings is 14. The van der Waals surface area contributed by atoms with Gasteiger partial charge in [-0.05, 0) is 231 Å². The van der Waals surface area contributed by atoms with Crippen LogP contribution in [0.4, 0.5) is 0 Å².